The first-order chi connectivity index (χ1) is 21.1. The minimum Gasteiger partial charge on any atom is -0.475 e. The summed E-state index contributed by atoms with van der Waals surface area (Å²) in [4.78, 5) is 48.3. The van der Waals surface area contributed by atoms with Crippen LogP contribution in [0.3, 0.4) is 0 Å². The lowest BCUT2D eigenvalue weighted by atomic mass is 9.83. The van der Waals surface area contributed by atoms with Gasteiger partial charge in [0.05, 0.1) is 7.11 Å². The van der Waals surface area contributed by atoms with Gasteiger partial charge in [-0.1, -0.05) is 67.8 Å². The number of halogens is 3. The number of amides is 2. The summed E-state index contributed by atoms with van der Waals surface area (Å²) in [5.74, 6) is -5.58. The van der Waals surface area contributed by atoms with Gasteiger partial charge in [-0.25, -0.2) is 9.59 Å². The summed E-state index contributed by atoms with van der Waals surface area (Å²) in [5.41, 5.74) is 13.6. The monoisotopic (exact) mass is 634 g/mol. The van der Waals surface area contributed by atoms with Crippen molar-refractivity contribution in [3.63, 3.8) is 0 Å². The van der Waals surface area contributed by atoms with E-state index in [4.69, 9.17) is 36.9 Å². The normalized spacial score (nSPS) is 14.5. The summed E-state index contributed by atoms with van der Waals surface area (Å²) in [6.07, 6.45) is -0.338. The zero-order chi connectivity index (χ0) is 33.7. The molecule has 1 aliphatic rings. The number of carboxylic acids is 1. The van der Waals surface area contributed by atoms with Crippen LogP contribution in [0.25, 0.3) is 0 Å². The summed E-state index contributed by atoms with van der Waals surface area (Å²) in [7, 11) is 1.29. The molecule has 0 radical (unpaired) electrons. The molecule has 2 atom stereocenters. The smallest absolute Gasteiger partial charge is 0.475 e. The first-order valence-electron chi connectivity index (χ1n) is 14.0. The quantitative estimate of drug-likeness (QED) is 0.0840. The fourth-order valence-electron chi connectivity index (χ4n) is 4.69. The van der Waals surface area contributed by atoms with Gasteiger partial charge in [-0.15, -0.1) is 0 Å². The van der Waals surface area contributed by atoms with Gasteiger partial charge in [-0.05, 0) is 36.3 Å². The Morgan fingerprint density at radius 2 is 1.36 bits per heavy atom. The van der Waals surface area contributed by atoms with E-state index in [2.05, 4.69) is 10.6 Å². The molecule has 0 aromatic heterocycles. The van der Waals surface area contributed by atoms with Gasteiger partial charge in [-0.3, -0.25) is 20.4 Å². The van der Waals surface area contributed by atoms with Gasteiger partial charge in [0.15, 0.2) is 0 Å². The predicted octanol–water partition coefficient (Wildman–Crippen LogP) is 2.60. The van der Waals surface area contributed by atoms with Gasteiger partial charge >= 0.3 is 18.1 Å². The topological polar surface area (TPSA) is 222 Å². The van der Waals surface area contributed by atoms with E-state index in [1.807, 2.05) is 0 Å². The number of carboxylic acid groups (broad SMARTS) is 1. The van der Waals surface area contributed by atoms with E-state index in [9.17, 15) is 27.6 Å². The highest BCUT2D eigenvalue weighted by Gasteiger charge is 2.38. The van der Waals surface area contributed by atoms with E-state index in [1.54, 1.807) is 48.5 Å². The zero-order valence-electron chi connectivity index (χ0n) is 24.6. The molecule has 0 saturated heterocycles. The molecule has 0 aliphatic heterocycles. The number of methoxy groups -OCH3 is 1. The Hall–Kier alpha value is -4.95. The third kappa shape index (κ3) is 11.6. The number of nitrogens with two attached hydrogens (primary N) is 2. The number of amidine groups is 2. The average molecular weight is 635 g/mol. The maximum atomic E-state index is 13.5. The Morgan fingerprint density at radius 1 is 0.889 bits per heavy atom. The highest BCUT2D eigenvalue weighted by molar-refractivity contribution is 6.02. The Kier molecular flexibility index (Phi) is 13.5. The van der Waals surface area contributed by atoms with Crippen molar-refractivity contribution in [1.29, 1.82) is 10.8 Å². The fourth-order valence-corrected chi connectivity index (χ4v) is 4.69. The summed E-state index contributed by atoms with van der Waals surface area (Å²) in [6.45, 7) is 0.174. The second kappa shape index (κ2) is 16.8. The van der Waals surface area contributed by atoms with E-state index in [0.29, 0.717) is 16.7 Å². The van der Waals surface area contributed by atoms with Crippen molar-refractivity contribution in [3.8, 4) is 0 Å². The van der Waals surface area contributed by atoms with Crippen LogP contribution in [-0.4, -0.2) is 59.9 Å². The molecule has 2 aromatic rings. The van der Waals surface area contributed by atoms with E-state index < -0.39 is 41.9 Å². The third-order valence-corrected chi connectivity index (χ3v) is 7.19. The number of nitrogen functional groups attached to an aromatic ring is 2. The number of rotatable bonds is 11. The Bertz CT molecular complexity index is 1360. The SMILES string of the molecule is COC(=O)[C@@H](NC(=O)C(Cc1ccc(C(=N)N)cc1)C(=O)NCc1ccc(C(=N)N)cc1)C1CCCCC1.O=C(O)C(F)(F)F. The molecule has 9 N–H and O–H groups in total. The van der Waals surface area contributed by atoms with Crippen molar-refractivity contribution >= 4 is 35.4 Å². The number of benzene rings is 2. The highest BCUT2D eigenvalue weighted by atomic mass is 19.4. The second-order valence-corrected chi connectivity index (χ2v) is 10.4. The number of ether oxygens (including phenoxy) is 1. The van der Waals surface area contributed by atoms with Crippen LogP contribution in [0, 0.1) is 22.7 Å². The Balaban J connectivity index is 0.000000900. The number of esters is 1. The number of carbonyl (C=O) groups is 4. The summed E-state index contributed by atoms with van der Waals surface area (Å²) in [5, 5.41) is 27.9. The standard InChI is InChI=1S/C28H36N6O4.C2HF3O2/c1-38-28(37)23(19-5-3-2-4-6-19)34-27(36)22(15-17-7-11-20(12-8-17)24(29)30)26(35)33-16-18-9-13-21(14-10-18)25(31)32;3-2(4,5)1(6)7/h7-14,19,22-23H,2-6,15-16H2,1H3,(H3,29,30)(H3,31,32)(H,33,35)(H,34,36);(H,6,7)/t22?,23-;/m0./s1. The molecule has 2 amide bonds. The number of aliphatic carboxylic acids is 1. The van der Waals surface area contributed by atoms with Gasteiger partial charge in [0.1, 0.15) is 23.6 Å². The van der Waals surface area contributed by atoms with E-state index in [1.165, 1.54) is 7.11 Å². The van der Waals surface area contributed by atoms with Crippen LogP contribution >= 0.6 is 0 Å². The van der Waals surface area contributed by atoms with Crippen molar-refractivity contribution in [2.75, 3.05) is 7.11 Å². The molecule has 1 fully saturated rings. The lowest BCUT2D eigenvalue weighted by Crippen LogP contribution is -2.51. The van der Waals surface area contributed by atoms with Crippen LogP contribution in [0.4, 0.5) is 13.2 Å². The van der Waals surface area contributed by atoms with Gasteiger partial charge in [-0.2, -0.15) is 13.2 Å². The molecular formula is C30H37F3N6O6. The summed E-state index contributed by atoms with van der Waals surface area (Å²) < 4.78 is 36.7. The van der Waals surface area contributed by atoms with Crippen molar-refractivity contribution in [2.45, 2.75) is 57.3 Å². The maximum absolute atomic E-state index is 13.5. The van der Waals surface area contributed by atoms with Crippen LogP contribution in [0.15, 0.2) is 48.5 Å². The van der Waals surface area contributed by atoms with Gasteiger partial charge < -0.3 is 31.9 Å². The van der Waals surface area contributed by atoms with Crippen molar-refractivity contribution in [1.82, 2.24) is 10.6 Å². The molecule has 0 bridgehead atoms. The van der Waals surface area contributed by atoms with Gasteiger partial charge in [0.2, 0.25) is 11.8 Å². The molecule has 1 saturated carbocycles. The minimum atomic E-state index is -5.08. The van der Waals surface area contributed by atoms with Crippen LogP contribution < -0.4 is 22.1 Å². The molecule has 45 heavy (non-hydrogen) atoms. The third-order valence-electron chi connectivity index (χ3n) is 7.19. The van der Waals surface area contributed by atoms with Gasteiger partial charge in [0, 0.05) is 17.7 Å². The zero-order valence-corrected chi connectivity index (χ0v) is 24.6. The van der Waals surface area contributed by atoms with E-state index in [-0.39, 0.29) is 30.6 Å². The van der Waals surface area contributed by atoms with E-state index in [0.717, 1.165) is 37.7 Å². The molecule has 1 unspecified atom stereocenters. The largest absolute Gasteiger partial charge is 0.490 e. The van der Waals surface area contributed by atoms with Crippen LogP contribution in [-0.2, 0) is 36.9 Å². The molecule has 1 aliphatic carbocycles. The summed E-state index contributed by atoms with van der Waals surface area (Å²) >= 11 is 0. The lowest BCUT2D eigenvalue weighted by Gasteiger charge is -2.30. The Labute approximate surface area is 257 Å². The maximum Gasteiger partial charge on any atom is 0.490 e. The molecule has 12 nitrogen and oxygen atoms in total. The molecule has 3 rings (SSSR count). The molecule has 0 spiro atoms. The molecule has 15 heteroatoms. The molecule has 2 aromatic carbocycles. The first kappa shape index (κ1) is 36.2. The number of hydrogen-bond acceptors (Lipinski definition) is 7. The number of carbonyl (C=O) groups excluding carboxylic acids is 3. The van der Waals surface area contributed by atoms with Gasteiger partial charge in [0.25, 0.3) is 0 Å². The fraction of sp³-hybridized carbons (Fsp3) is 0.400. The summed E-state index contributed by atoms with van der Waals surface area (Å²) in [6, 6.07) is 12.9. The Morgan fingerprint density at radius 3 is 1.78 bits per heavy atom. The van der Waals surface area contributed by atoms with Crippen molar-refractivity contribution < 1.29 is 42.2 Å². The van der Waals surface area contributed by atoms with Crippen LogP contribution in [0.1, 0.15) is 54.4 Å². The molecular weight excluding hydrogens is 597 g/mol. The van der Waals surface area contributed by atoms with Crippen molar-refractivity contribution in [3.05, 3.63) is 70.8 Å². The predicted molar refractivity (Wildman–Crippen MR) is 158 cm³/mol. The average Bonchev–Trinajstić information content (AvgIpc) is 3.01. The number of nitrogens with one attached hydrogen (secondary N) is 4. The highest BCUT2D eigenvalue weighted by Crippen LogP contribution is 2.27. The molecule has 0 heterocycles. The lowest BCUT2D eigenvalue weighted by molar-refractivity contribution is -0.192. The first-order valence-corrected chi connectivity index (χ1v) is 14.0. The van der Waals surface area contributed by atoms with Crippen LogP contribution in [0.5, 0.6) is 0 Å². The molecule has 244 valence electrons. The van der Waals surface area contributed by atoms with E-state index >= 15 is 0 Å². The number of alkyl halides is 3. The van der Waals surface area contributed by atoms with Crippen LogP contribution in [0.2, 0.25) is 0 Å². The number of hydrogen-bond donors (Lipinski definition) is 7. The second-order valence-electron chi connectivity index (χ2n) is 10.4. The minimum absolute atomic E-state index is 0.0431. The van der Waals surface area contributed by atoms with Crippen molar-refractivity contribution in [2.24, 2.45) is 23.3 Å².